The molecule has 0 N–H and O–H groups in total. The lowest BCUT2D eigenvalue weighted by atomic mass is 10.2. The van der Waals surface area contributed by atoms with E-state index in [0.717, 1.165) is 31.5 Å². The van der Waals surface area contributed by atoms with Gasteiger partial charge in [0.15, 0.2) is 0 Å². The number of rotatable bonds is 3. The number of halogens is 1. The molecule has 2 heterocycles. The van der Waals surface area contributed by atoms with Gasteiger partial charge in [0.1, 0.15) is 15.8 Å². The first-order valence-electron chi connectivity index (χ1n) is 8.87. The lowest BCUT2D eigenvalue weighted by molar-refractivity contribution is 0.415. The Morgan fingerprint density at radius 1 is 0.828 bits per heavy atom. The summed E-state index contributed by atoms with van der Waals surface area (Å²) in [5, 5.41) is 9.15. The maximum Gasteiger partial charge on any atom is 0.131 e. The maximum absolute atomic E-state index is 5.29. The molecule has 2 aliphatic heterocycles. The van der Waals surface area contributed by atoms with E-state index in [2.05, 4.69) is 69.5 Å². The summed E-state index contributed by atoms with van der Waals surface area (Å²) < 4.78 is 7.60. The molecule has 0 amide bonds. The van der Waals surface area contributed by atoms with Crippen LogP contribution in [0.5, 0.6) is 5.75 Å². The molecule has 5 rings (SSSR count). The number of hydrogen-bond acceptors (Lipinski definition) is 6. The van der Waals surface area contributed by atoms with E-state index in [0.29, 0.717) is 0 Å². The Morgan fingerprint density at radius 3 is 2.10 bits per heavy atom. The third-order valence-corrected chi connectivity index (χ3v) is 8.82. The average molecular weight is 499 g/mol. The van der Waals surface area contributed by atoms with Crippen molar-refractivity contribution in [2.75, 3.05) is 12.1 Å². The first-order chi connectivity index (χ1) is 14.2. The summed E-state index contributed by atoms with van der Waals surface area (Å²) in [6.45, 7) is 0. The van der Waals surface area contributed by atoms with Gasteiger partial charge in [-0.25, -0.2) is 5.01 Å². The van der Waals surface area contributed by atoms with E-state index in [1.165, 1.54) is 14.0 Å². The Kier molecular flexibility index (Phi) is 5.39. The van der Waals surface area contributed by atoms with E-state index in [4.69, 9.17) is 9.84 Å². The smallest absolute Gasteiger partial charge is 0.131 e. The Morgan fingerprint density at radius 2 is 1.48 bits per heavy atom. The van der Waals surface area contributed by atoms with Gasteiger partial charge in [-0.3, -0.25) is 0 Å². The number of hydrogen-bond donors (Lipinski definition) is 0. The van der Waals surface area contributed by atoms with Crippen molar-refractivity contribution >= 4 is 61.9 Å². The fourth-order valence-electron chi connectivity index (χ4n) is 2.95. The minimum atomic E-state index is 0.845. The molecule has 0 unspecified atom stereocenters. The second-order valence-corrected chi connectivity index (χ2v) is 10.5. The molecule has 29 heavy (non-hydrogen) atoms. The van der Waals surface area contributed by atoms with Gasteiger partial charge in [0, 0.05) is 19.8 Å². The van der Waals surface area contributed by atoms with Crippen LogP contribution in [0.2, 0.25) is 0 Å². The number of anilines is 1. The molecule has 0 saturated carbocycles. The monoisotopic (exact) mass is 498 g/mol. The highest BCUT2D eigenvalue weighted by Crippen LogP contribution is 2.56. The van der Waals surface area contributed by atoms with Crippen molar-refractivity contribution in [3.63, 3.8) is 0 Å². The predicted molar refractivity (Wildman–Crippen MR) is 129 cm³/mol. The van der Waals surface area contributed by atoms with Crippen LogP contribution in [0.1, 0.15) is 5.56 Å². The molecular formula is C22H15BrN2OS3. The standard InChI is InChI=1S/C22H15BrN2OS3/c1-26-17-12-6-14(7-13-17)20-24-25(16-10-8-15(23)9-11-16)21(29-20)22-27-18-4-2-3-5-19(18)28-22/h2-13H,1H3. The summed E-state index contributed by atoms with van der Waals surface area (Å²) >= 11 is 8.87. The lowest BCUT2D eigenvalue weighted by Gasteiger charge is -2.16. The number of benzene rings is 3. The Bertz CT molecular complexity index is 1100. The molecule has 3 aromatic rings. The van der Waals surface area contributed by atoms with Crippen molar-refractivity contribution in [1.29, 1.82) is 0 Å². The van der Waals surface area contributed by atoms with Crippen LogP contribution in [0.15, 0.2) is 101 Å². The third-order valence-electron chi connectivity index (χ3n) is 4.41. The van der Waals surface area contributed by atoms with Gasteiger partial charge in [0.25, 0.3) is 0 Å². The predicted octanol–water partition coefficient (Wildman–Crippen LogP) is 7.40. The van der Waals surface area contributed by atoms with E-state index < -0.39 is 0 Å². The van der Waals surface area contributed by atoms with E-state index in [1.807, 2.05) is 47.8 Å². The topological polar surface area (TPSA) is 24.8 Å². The molecule has 0 radical (unpaired) electrons. The van der Waals surface area contributed by atoms with Crippen molar-refractivity contribution in [2.45, 2.75) is 9.79 Å². The van der Waals surface area contributed by atoms with Crippen LogP contribution in [0.4, 0.5) is 5.69 Å². The Hall–Kier alpha value is -1.80. The van der Waals surface area contributed by atoms with E-state index in [9.17, 15) is 0 Å². The SMILES string of the molecule is COc1ccc(C2=NN(c3ccc(Br)cc3)C(=C3Sc4ccccc4S3)S2)cc1. The summed E-state index contributed by atoms with van der Waals surface area (Å²) in [7, 11) is 1.68. The Balaban J connectivity index is 1.55. The first kappa shape index (κ1) is 19.2. The molecule has 7 heteroatoms. The molecular weight excluding hydrogens is 484 g/mol. The summed E-state index contributed by atoms with van der Waals surface area (Å²) in [6, 6.07) is 24.9. The first-order valence-corrected chi connectivity index (χ1v) is 12.1. The maximum atomic E-state index is 5.29. The van der Waals surface area contributed by atoms with Gasteiger partial charge in [-0.05, 0) is 72.4 Å². The zero-order valence-electron chi connectivity index (χ0n) is 15.3. The van der Waals surface area contributed by atoms with Crippen molar-refractivity contribution in [3.8, 4) is 5.75 Å². The van der Waals surface area contributed by atoms with Crippen LogP contribution in [0, 0.1) is 0 Å². The van der Waals surface area contributed by atoms with Gasteiger partial charge in [0.05, 0.1) is 17.0 Å². The molecule has 2 aliphatic rings. The number of ether oxygens (including phenoxy) is 1. The molecule has 3 aromatic carbocycles. The molecule has 0 fully saturated rings. The highest BCUT2D eigenvalue weighted by atomic mass is 79.9. The minimum Gasteiger partial charge on any atom is -0.497 e. The van der Waals surface area contributed by atoms with Gasteiger partial charge in [-0.15, -0.1) is 0 Å². The van der Waals surface area contributed by atoms with Gasteiger partial charge in [-0.1, -0.05) is 51.6 Å². The van der Waals surface area contributed by atoms with Crippen molar-refractivity contribution in [3.05, 3.63) is 92.1 Å². The van der Waals surface area contributed by atoms with Crippen molar-refractivity contribution in [1.82, 2.24) is 0 Å². The number of nitrogens with zero attached hydrogens (tertiary/aromatic N) is 2. The largest absolute Gasteiger partial charge is 0.497 e. The van der Waals surface area contributed by atoms with Crippen LogP contribution in [0.25, 0.3) is 0 Å². The molecule has 3 nitrogen and oxygen atoms in total. The normalized spacial score (nSPS) is 15.5. The summed E-state index contributed by atoms with van der Waals surface area (Å²) in [5.41, 5.74) is 2.13. The highest BCUT2D eigenvalue weighted by molar-refractivity contribution is 9.10. The number of methoxy groups -OCH3 is 1. The van der Waals surface area contributed by atoms with Crippen LogP contribution in [-0.2, 0) is 0 Å². The second kappa shape index (κ2) is 8.14. The summed E-state index contributed by atoms with van der Waals surface area (Å²) in [6.07, 6.45) is 0. The average Bonchev–Trinajstić information content (AvgIpc) is 3.39. The van der Waals surface area contributed by atoms with Crippen LogP contribution >= 0.6 is 51.2 Å². The van der Waals surface area contributed by atoms with Crippen molar-refractivity contribution < 1.29 is 4.74 Å². The van der Waals surface area contributed by atoms with Crippen LogP contribution in [-0.4, -0.2) is 12.2 Å². The fourth-order valence-corrected chi connectivity index (χ4v) is 6.93. The van der Waals surface area contributed by atoms with Crippen molar-refractivity contribution in [2.24, 2.45) is 5.10 Å². The van der Waals surface area contributed by atoms with E-state index in [1.54, 1.807) is 18.9 Å². The third kappa shape index (κ3) is 3.84. The molecule has 0 bridgehead atoms. The number of thioether (sulfide) groups is 3. The molecule has 0 aromatic heterocycles. The second-order valence-electron chi connectivity index (χ2n) is 6.27. The highest BCUT2D eigenvalue weighted by Gasteiger charge is 2.31. The lowest BCUT2D eigenvalue weighted by Crippen LogP contribution is -2.09. The summed E-state index contributed by atoms with van der Waals surface area (Å²) in [5.74, 6) is 0.845. The van der Waals surface area contributed by atoms with Gasteiger partial charge in [-0.2, -0.15) is 5.10 Å². The molecule has 0 spiro atoms. The zero-order valence-corrected chi connectivity index (χ0v) is 19.4. The van der Waals surface area contributed by atoms with E-state index >= 15 is 0 Å². The van der Waals surface area contributed by atoms with Gasteiger partial charge >= 0.3 is 0 Å². The van der Waals surface area contributed by atoms with Gasteiger partial charge < -0.3 is 4.74 Å². The fraction of sp³-hybridized carbons (Fsp3) is 0.0455. The number of hydrazone groups is 1. The van der Waals surface area contributed by atoms with Crippen LogP contribution in [0.3, 0.4) is 0 Å². The van der Waals surface area contributed by atoms with E-state index in [-0.39, 0.29) is 0 Å². The zero-order chi connectivity index (χ0) is 19.8. The summed E-state index contributed by atoms with van der Waals surface area (Å²) in [4.78, 5) is 2.60. The molecule has 0 aliphatic carbocycles. The van der Waals surface area contributed by atoms with Gasteiger partial charge in [0.2, 0.25) is 0 Å². The molecule has 0 atom stereocenters. The minimum absolute atomic E-state index is 0.845. The molecule has 144 valence electrons. The Labute approximate surface area is 190 Å². The number of fused-ring (bicyclic) bond motifs is 1. The molecule has 0 saturated heterocycles. The quantitative estimate of drug-likeness (QED) is 0.374. The van der Waals surface area contributed by atoms with Crippen LogP contribution < -0.4 is 9.75 Å².